The van der Waals surface area contributed by atoms with Crippen molar-refractivity contribution in [2.75, 3.05) is 12.8 Å². The molecule has 0 aliphatic rings. The maximum atomic E-state index is 13.4. The molecule has 6 heteroatoms. The molecule has 1 heterocycles. The van der Waals surface area contributed by atoms with Gasteiger partial charge >= 0.3 is 0 Å². The third kappa shape index (κ3) is 1.78. The fourth-order valence-corrected chi connectivity index (χ4v) is 1.50. The second kappa shape index (κ2) is 4.14. The molecule has 0 saturated heterocycles. The number of imidazole rings is 1. The molecule has 0 aliphatic heterocycles. The van der Waals surface area contributed by atoms with Crippen molar-refractivity contribution in [1.29, 1.82) is 5.26 Å². The molecule has 5 nitrogen and oxygen atoms in total. The first-order valence-electron chi connectivity index (χ1n) is 4.74. The Morgan fingerprint density at radius 2 is 2.29 bits per heavy atom. The van der Waals surface area contributed by atoms with Crippen LogP contribution in [0.15, 0.2) is 24.5 Å². The van der Waals surface area contributed by atoms with Gasteiger partial charge in [-0.25, -0.2) is 9.37 Å². The molecule has 0 unspecified atom stereocenters. The SMILES string of the molecule is COc1cc(-n2ccnc2C#N)c(N)cc1F. The fraction of sp³-hybridized carbons (Fsp3) is 0.0909. The Labute approximate surface area is 96.9 Å². The molecule has 17 heavy (non-hydrogen) atoms. The molecule has 0 amide bonds. The van der Waals surface area contributed by atoms with Crippen molar-refractivity contribution in [1.82, 2.24) is 9.55 Å². The maximum Gasteiger partial charge on any atom is 0.217 e. The Morgan fingerprint density at radius 3 is 2.94 bits per heavy atom. The Hall–Kier alpha value is -2.55. The van der Waals surface area contributed by atoms with Crippen LogP contribution in [-0.4, -0.2) is 16.7 Å². The van der Waals surface area contributed by atoms with Crippen LogP contribution in [0.3, 0.4) is 0 Å². The maximum absolute atomic E-state index is 13.4. The normalized spacial score (nSPS) is 9.94. The molecule has 2 N–H and O–H groups in total. The number of nitriles is 1. The zero-order chi connectivity index (χ0) is 12.4. The van der Waals surface area contributed by atoms with Gasteiger partial charge in [-0.3, -0.25) is 4.57 Å². The Bertz CT molecular complexity index is 600. The van der Waals surface area contributed by atoms with E-state index in [1.165, 1.54) is 23.9 Å². The molecule has 2 rings (SSSR count). The number of methoxy groups -OCH3 is 1. The summed E-state index contributed by atoms with van der Waals surface area (Å²) in [6.45, 7) is 0. The van der Waals surface area contributed by atoms with E-state index in [2.05, 4.69) is 4.98 Å². The van der Waals surface area contributed by atoms with Crippen molar-refractivity contribution in [3.05, 3.63) is 36.2 Å². The molecular weight excluding hydrogens is 223 g/mol. The zero-order valence-corrected chi connectivity index (χ0v) is 9.01. The van der Waals surface area contributed by atoms with Crippen molar-refractivity contribution < 1.29 is 9.13 Å². The molecule has 0 fully saturated rings. The number of nitrogen functional groups attached to an aromatic ring is 1. The van der Waals surface area contributed by atoms with Gasteiger partial charge in [0, 0.05) is 24.5 Å². The zero-order valence-electron chi connectivity index (χ0n) is 9.01. The third-order valence-corrected chi connectivity index (χ3v) is 2.30. The van der Waals surface area contributed by atoms with Crippen LogP contribution in [0.1, 0.15) is 5.82 Å². The highest BCUT2D eigenvalue weighted by atomic mass is 19.1. The van der Waals surface area contributed by atoms with E-state index in [0.717, 1.165) is 6.07 Å². The van der Waals surface area contributed by atoms with Gasteiger partial charge in [0.05, 0.1) is 18.5 Å². The smallest absolute Gasteiger partial charge is 0.217 e. The van der Waals surface area contributed by atoms with Crippen LogP contribution in [-0.2, 0) is 0 Å². The number of hydrogen-bond acceptors (Lipinski definition) is 4. The van der Waals surface area contributed by atoms with Gasteiger partial charge in [0.2, 0.25) is 5.82 Å². The average molecular weight is 232 g/mol. The number of aromatic nitrogens is 2. The Kier molecular flexibility index (Phi) is 2.66. The minimum absolute atomic E-state index is 0.0618. The molecular formula is C11H9FN4O. The summed E-state index contributed by atoms with van der Waals surface area (Å²) in [5.41, 5.74) is 6.37. The van der Waals surface area contributed by atoms with E-state index < -0.39 is 5.82 Å². The van der Waals surface area contributed by atoms with E-state index in [-0.39, 0.29) is 17.3 Å². The van der Waals surface area contributed by atoms with Gasteiger partial charge in [0.15, 0.2) is 11.6 Å². The molecule has 0 bridgehead atoms. The van der Waals surface area contributed by atoms with Crippen LogP contribution in [0.25, 0.3) is 5.69 Å². The number of nitrogens with zero attached hydrogens (tertiary/aromatic N) is 3. The van der Waals surface area contributed by atoms with Gasteiger partial charge in [0.25, 0.3) is 0 Å². The predicted octanol–water partition coefficient (Wildman–Crippen LogP) is 1.47. The minimum Gasteiger partial charge on any atom is -0.494 e. The first-order chi connectivity index (χ1) is 8.17. The Morgan fingerprint density at radius 1 is 1.53 bits per heavy atom. The largest absolute Gasteiger partial charge is 0.494 e. The van der Waals surface area contributed by atoms with E-state index in [1.54, 1.807) is 6.20 Å². The lowest BCUT2D eigenvalue weighted by Crippen LogP contribution is -2.03. The molecule has 2 aromatic rings. The summed E-state index contributed by atoms with van der Waals surface area (Å²) in [5, 5.41) is 8.86. The monoisotopic (exact) mass is 232 g/mol. The quantitative estimate of drug-likeness (QED) is 0.795. The molecule has 0 aliphatic carbocycles. The molecule has 0 spiro atoms. The van der Waals surface area contributed by atoms with Crippen molar-refractivity contribution in [2.45, 2.75) is 0 Å². The van der Waals surface area contributed by atoms with E-state index in [0.29, 0.717) is 5.69 Å². The van der Waals surface area contributed by atoms with Crippen LogP contribution in [0, 0.1) is 17.1 Å². The van der Waals surface area contributed by atoms with Crippen molar-refractivity contribution in [3.63, 3.8) is 0 Å². The number of rotatable bonds is 2. The molecule has 1 aromatic heterocycles. The molecule has 0 saturated carbocycles. The second-order valence-electron chi connectivity index (χ2n) is 3.28. The highest BCUT2D eigenvalue weighted by Crippen LogP contribution is 2.27. The van der Waals surface area contributed by atoms with Crippen molar-refractivity contribution >= 4 is 5.69 Å². The lowest BCUT2D eigenvalue weighted by Gasteiger charge is -2.10. The van der Waals surface area contributed by atoms with Crippen LogP contribution in [0.5, 0.6) is 5.75 Å². The van der Waals surface area contributed by atoms with E-state index in [9.17, 15) is 4.39 Å². The summed E-state index contributed by atoms with van der Waals surface area (Å²) < 4.78 is 19.7. The van der Waals surface area contributed by atoms with Gasteiger partial charge in [0.1, 0.15) is 6.07 Å². The van der Waals surface area contributed by atoms with Crippen molar-refractivity contribution in [2.24, 2.45) is 0 Å². The van der Waals surface area contributed by atoms with Gasteiger partial charge in [-0.2, -0.15) is 5.26 Å². The van der Waals surface area contributed by atoms with Gasteiger partial charge < -0.3 is 10.5 Å². The Balaban J connectivity index is 2.64. The van der Waals surface area contributed by atoms with E-state index in [1.807, 2.05) is 6.07 Å². The number of ether oxygens (including phenoxy) is 1. The highest BCUT2D eigenvalue weighted by molar-refractivity contribution is 5.62. The van der Waals surface area contributed by atoms with Crippen LogP contribution >= 0.6 is 0 Å². The predicted molar refractivity (Wildman–Crippen MR) is 59.2 cm³/mol. The lowest BCUT2D eigenvalue weighted by atomic mass is 10.2. The lowest BCUT2D eigenvalue weighted by molar-refractivity contribution is 0.386. The summed E-state index contributed by atoms with van der Waals surface area (Å²) in [6.07, 6.45) is 3.04. The number of anilines is 1. The minimum atomic E-state index is -0.549. The fourth-order valence-electron chi connectivity index (χ4n) is 1.50. The molecule has 86 valence electrons. The third-order valence-electron chi connectivity index (χ3n) is 2.30. The number of halogens is 1. The van der Waals surface area contributed by atoms with Gasteiger partial charge in [-0.1, -0.05) is 0 Å². The van der Waals surface area contributed by atoms with E-state index >= 15 is 0 Å². The van der Waals surface area contributed by atoms with Crippen LogP contribution < -0.4 is 10.5 Å². The second-order valence-corrected chi connectivity index (χ2v) is 3.28. The summed E-state index contributed by atoms with van der Waals surface area (Å²) in [6, 6.07) is 4.49. The van der Waals surface area contributed by atoms with Crippen molar-refractivity contribution in [3.8, 4) is 17.5 Å². The van der Waals surface area contributed by atoms with Gasteiger partial charge in [-0.05, 0) is 0 Å². The topological polar surface area (TPSA) is 76.9 Å². The summed E-state index contributed by atoms with van der Waals surface area (Å²) in [5.74, 6) is -0.315. The molecule has 1 aromatic carbocycles. The number of hydrogen-bond donors (Lipinski definition) is 1. The van der Waals surface area contributed by atoms with E-state index in [4.69, 9.17) is 15.7 Å². The first kappa shape index (κ1) is 11.0. The molecule has 0 radical (unpaired) electrons. The number of nitrogens with two attached hydrogens (primary N) is 1. The van der Waals surface area contributed by atoms with Crippen LogP contribution in [0.2, 0.25) is 0 Å². The average Bonchev–Trinajstić information content (AvgIpc) is 2.77. The summed E-state index contributed by atoms with van der Waals surface area (Å²) >= 11 is 0. The van der Waals surface area contributed by atoms with Crippen LogP contribution in [0.4, 0.5) is 10.1 Å². The standard InChI is InChI=1S/C11H9FN4O/c1-17-10-5-9(8(14)4-7(10)12)16-3-2-15-11(16)6-13/h2-5H,14H2,1H3. The summed E-state index contributed by atoms with van der Waals surface area (Å²) in [4.78, 5) is 3.84. The number of benzene rings is 1. The first-order valence-corrected chi connectivity index (χ1v) is 4.74. The van der Waals surface area contributed by atoms with Gasteiger partial charge in [-0.15, -0.1) is 0 Å². The molecule has 0 atom stereocenters. The highest BCUT2D eigenvalue weighted by Gasteiger charge is 2.12. The summed E-state index contributed by atoms with van der Waals surface area (Å²) in [7, 11) is 1.36.